The third-order valence-electron chi connectivity index (χ3n) is 2.44. The molecule has 2 unspecified atom stereocenters. The van der Waals surface area contributed by atoms with Gasteiger partial charge in [-0.3, -0.25) is 0 Å². The summed E-state index contributed by atoms with van der Waals surface area (Å²) in [5.74, 6) is 0. The van der Waals surface area contributed by atoms with E-state index in [2.05, 4.69) is 21.2 Å². The standard InChI is InChI=1S/C9H11BrClNOS/c10-9-5(11)4-7(14-9)8(13)6-2-1-3-12-6/h4,6,8,12-13H,1-3H2. The fourth-order valence-electron chi connectivity index (χ4n) is 1.69. The summed E-state index contributed by atoms with van der Waals surface area (Å²) in [6.45, 7) is 1.00. The summed E-state index contributed by atoms with van der Waals surface area (Å²) >= 11 is 10.8. The average Bonchev–Trinajstić information content (AvgIpc) is 2.76. The van der Waals surface area contributed by atoms with E-state index in [1.54, 1.807) is 0 Å². The number of aliphatic hydroxyl groups excluding tert-OH is 1. The second-order valence-corrected chi connectivity index (χ2v) is 6.23. The molecule has 0 bridgehead atoms. The van der Waals surface area contributed by atoms with E-state index < -0.39 is 6.10 Å². The molecule has 1 aliphatic heterocycles. The van der Waals surface area contributed by atoms with Gasteiger partial charge in [0.05, 0.1) is 8.81 Å². The molecule has 2 nitrogen and oxygen atoms in total. The highest BCUT2D eigenvalue weighted by Gasteiger charge is 2.25. The summed E-state index contributed by atoms with van der Waals surface area (Å²) in [7, 11) is 0. The fourth-order valence-corrected chi connectivity index (χ4v) is 3.49. The van der Waals surface area contributed by atoms with Crippen LogP contribution in [0.25, 0.3) is 0 Å². The molecule has 5 heteroatoms. The minimum Gasteiger partial charge on any atom is -0.386 e. The van der Waals surface area contributed by atoms with Crippen LogP contribution < -0.4 is 5.32 Å². The molecule has 0 saturated carbocycles. The van der Waals surface area contributed by atoms with Gasteiger partial charge in [-0.25, -0.2) is 0 Å². The molecule has 2 heterocycles. The summed E-state index contributed by atoms with van der Waals surface area (Å²) in [6, 6.07) is 2.03. The van der Waals surface area contributed by atoms with E-state index in [0.29, 0.717) is 5.02 Å². The van der Waals surface area contributed by atoms with Crippen molar-refractivity contribution in [3.8, 4) is 0 Å². The minimum absolute atomic E-state index is 0.191. The number of hydrogen-bond donors (Lipinski definition) is 2. The largest absolute Gasteiger partial charge is 0.386 e. The number of nitrogens with one attached hydrogen (secondary N) is 1. The highest BCUT2D eigenvalue weighted by molar-refractivity contribution is 9.11. The van der Waals surface area contributed by atoms with Gasteiger partial charge in [0.25, 0.3) is 0 Å². The zero-order valence-electron chi connectivity index (χ0n) is 7.46. The third-order valence-corrected chi connectivity index (χ3v) is 4.98. The van der Waals surface area contributed by atoms with E-state index in [0.717, 1.165) is 28.0 Å². The second-order valence-electron chi connectivity index (χ2n) is 3.42. The van der Waals surface area contributed by atoms with Gasteiger partial charge in [-0.05, 0) is 41.4 Å². The van der Waals surface area contributed by atoms with Crippen LogP contribution in [0.5, 0.6) is 0 Å². The maximum absolute atomic E-state index is 10.0. The van der Waals surface area contributed by atoms with Gasteiger partial charge in [-0.15, -0.1) is 11.3 Å². The first-order chi connectivity index (χ1) is 6.68. The molecule has 0 spiro atoms. The summed E-state index contributed by atoms with van der Waals surface area (Å²) in [5.41, 5.74) is 0. The van der Waals surface area contributed by atoms with Crippen molar-refractivity contribution in [1.29, 1.82) is 0 Å². The number of thiophene rings is 1. The zero-order valence-corrected chi connectivity index (χ0v) is 10.6. The Morgan fingerprint density at radius 1 is 1.71 bits per heavy atom. The number of hydrogen-bond acceptors (Lipinski definition) is 3. The molecule has 1 saturated heterocycles. The van der Waals surface area contributed by atoms with Gasteiger partial charge in [0.2, 0.25) is 0 Å². The van der Waals surface area contributed by atoms with Crippen LogP contribution in [0.4, 0.5) is 0 Å². The van der Waals surface area contributed by atoms with Gasteiger partial charge >= 0.3 is 0 Å². The Kier molecular flexibility index (Phi) is 3.50. The highest BCUT2D eigenvalue weighted by Crippen LogP contribution is 2.37. The first-order valence-electron chi connectivity index (χ1n) is 4.54. The number of halogens is 2. The van der Waals surface area contributed by atoms with Crippen molar-refractivity contribution < 1.29 is 5.11 Å². The first-order valence-corrected chi connectivity index (χ1v) is 6.53. The van der Waals surface area contributed by atoms with E-state index in [4.69, 9.17) is 11.6 Å². The van der Waals surface area contributed by atoms with Crippen molar-refractivity contribution in [2.24, 2.45) is 0 Å². The topological polar surface area (TPSA) is 32.3 Å². The highest BCUT2D eigenvalue weighted by atomic mass is 79.9. The Morgan fingerprint density at radius 3 is 3.00 bits per heavy atom. The number of aliphatic hydroxyl groups is 1. The first kappa shape index (κ1) is 10.9. The molecule has 2 rings (SSSR count). The van der Waals surface area contributed by atoms with Crippen LogP contribution >= 0.6 is 38.9 Å². The summed E-state index contributed by atoms with van der Waals surface area (Å²) in [4.78, 5) is 0.932. The molecule has 0 aromatic carbocycles. The maximum Gasteiger partial charge on any atom is 0.103 e. The monoisotopic (exact) mass is 295 g/mol. The SMILES string of the molecule is OC(c1cc(Cl)c(Br)s1)C1CCCN1. The van der Waals surface area contributed by atoms with Gasteiger partial charge in [0, 0.05) is 10.9 Å². The molecule has 1 aliphatic rings. The van der Waals surface area contributed by atoms with Gasteiger partial charge in [-0.1, -0.05) is 11.6 Å². The van der Waals surface area contributed by atoms with E-state index in [-0.39, 0.29) is 6.04 Å². The van der Waals surface area contributed by atoms with Crippen LogP contribution in [0.15, 0.2) is 9.85 Å². The smallest absolute Gasteiger partial charge is 0.103 e. The van der Waals surface area contributed by atoms with E-state index in [1.807, 2.05) is 6.07 Å². The number of rotatable bonds is 2. The van der Waals surface area contributed by atoms with Crippen molar-refractivity contribution in [2.75, 3.05) is 6.54 Å². The van der Waals surface area contributed by atoms with Crippen LogP contribution in [0.2, 0.25) is 5.02 Å². The minimum atomic E-state index is -0.425. The van der Waals surface area contributed by atoms with Crippen LogP contribution in [0, 0.1) is 0 Å². The summed E-state index contributed by atoms with van der Waals surface area (Å²) in [5, 5.41) is 14.0. The lowest BCUT2D eigenvalue weighted by molar-refractivity contribution is 0.141. The fraction of sp³-hybridized carbons (Fsp3) is 0.556. The molecular formula is C9H11BrClNOS. The van der Waals surface area contributed by atoms with Gasteiger partial charge in [0.1, 0.15) is 6.10 Å². The molecule has 0 radical (unpaired) electrons. The van der Waals surface area contributed by atoms with Crippen LogP contribution in [-0.4, -0.2) is 17.7 Å². The zero-order chi connectivity index (χ0) is 10.1. The summed E-state index contributed by atoms with van der Waals surface area (Å²) < 4.78 is 0.895. The van der Waals surface area contributed by atoms with Crippen molar-refractivity contribution in [3.05, 3.63) is 19.8 Å². The second kappa shape index (κ2) is 4.49. The molecule has 1 fully saturated rings. The molecule has 2 atom stereocenters. The van der Waals surface area contributed by atoms with Gasteiger partial charge in [0.15, 0.2) is 0 Å². The normalized spacial score (nSPS) is 24.1. The predicted octanol–water partition coefficient (Wildman–Crippen LogP) is 2.95. The Hall–Kier alpha value is 0.390. The summed E-state index contributed by atoms with van der Waals surface area (Å²) in [6.07, 6.45) is 1.75. The lowest BCUT2D eigenvalue weighted by Gasteiger charge is -2.16. The lowest BCUT2D eigenvalue weighted by atomic mass is 10.1. The maximum atomic E-state index is 10.0. The average molecular weight is 297 g/mol. The van der Waals surface area contributed by atoms with Crippen molar-refractivity contribution >= 4 is 38.9 Å². The Bertz CT molecular complexity index is 305. The van der Waals surface area contributed by atoms with Crippen LogP contribution in [-0.2, 0) is 0 Å². The Balaban J connectivity index is 2.13. The van der Waals surface area contributed by atoms with Crippen LogP contribution in [0.3, 0.4) is 0 Å². The van der Waals surface area contributed by atoms with Gasteiger partial charge < -0.3 is 10.4 Å². The molecule has 14 heavy (non-hydrogen) atoms. The van der Waals surface area contributed by atoms with E-state index in [9.17, 15) is 5.11 Å². The predicted molar refractivity (Wildman–Crippen MR) is 63.0 cm³/mol. The van der Waals surface area contributed by atoms with E-state index in [1.165, 1.54) is 11.3 Å². The lowest BCUT2D eigenvalue weighted by Crippen LogP contribution is -2.28. The molecule has 0 aliphatic carbocycles. The molecule has 0 amide bonds. The quantitative estimate of drug-likeness (QED) is 0.879. The van der Waals surface area contributed by atoms with Crippen molar-refractivity contribution in [2.45, 2.75) is 25.0 Å². The Morgan fingerprint density at radius 2 is 2.50 bits per heavy atom. The Labute approximate surface area is 100 Å². The van der Waals surface area contributed by atoms with Gasteiger partial charge in [-0.2, -0.15) is 0 Å². The molecule has 1 aromatic rings. The van der Waals surface area contributed by atoms with Crippen molar-refractivity contribution in [1.82, 2.24) is 5.32 Å². The third kappa shape index (κ3) is 2.14. The molecule has 2 N–H and O–H groups in total. The van der Waals surface area contributed by atoms with Crippen molar-refractivity contribution in [3.63, 3.8) is 0 Å². The molecular weight excluding hydrogens is 286 g/mol. The molecule has 1 aromatic heterocycles. The van der Waals surface area contributed by atoms with Crippen LogP contribution in [0.1, 0.15) is 23.8 Å². The molecule has 78 valence electrons. The van der Waals surface area contributed by atoms with E-state index >= 15 is 0 Å².